The minimum atomic E-state index is -0.262. The first kappa shape index (κ1) is 26.4. The lowest BCUT2D eigenvalue weighted by atomic mass is 9.74. The van der Waals surface area contributed by atoms with Gasteiger partial charge in [-0.3, -0.25) is 4.79 Å². The van der Waals surface area contributed by atoms with Crippen molar-refractivity contribution in [3.63, 3.8) is 0 Å². The number of hydrogen-bond donors (Lipinski definition) is 0. The molecular formula is C31H46O. The number of hydrogen-bond acceptors (Lipinski definition) is 1. The van der Waals surface area contributed by atoms with Gasteiger partial charge in [-0.05, 0) is 62.0 Å². The Bertz CT molecular complexity index is 839. The topological polar surface area (TPSA) is 17.1 Å². The van der Waals surface area contributed by atoms with Crippen molar-refractivity contribution in [2.24, 2.45) is 0 Å². The fraction of sp³-hybridized carbons (Fsp3) is 0.581. The van der Waals surface area contributed by atoms with E-state index in [1.165, 1.54) is 22.3 Å². The molecule has 0 aromatic heterocycles. The molecule has 2 rings (SSSR count). The number of rotatable bonds is 3. The Morgan fingerprint density at radius 1 is 0.500 bits per heavy atom. The highest BCUT2D eigenvalue weighted by Gasteiger charge is 2.28. The average molecular weight is 435 g/mol. The molecule has 0 spiro atoms. The van der Waals surface area contributed by atoms with Crippen LogP contribution in [0.5, 0.6) is 0 Å². The quantitative estimate of drug-likeness (QED) is 0.472. The summed E-state index contributed by atoms with van der Waals surface area (Å²) in [5.41, 5.74) is 7.43. The van der Waals surface area contributed by atoms with Crippen LogP contribution < -0.4 is 0 Å². The predicted molar refractivity (Wildman–Crippen MR) is 140 cm³/mol. The lowest BCUT2D eigenvalue weighted by molar-refractivity contribution is -0.117. The molecule has 0 aliphatic rings. The van der Waals surface area contributed by atoms with Gasteiger partial charge in [0.1, 0.15) is 5.78 Å². The highest BCUT2D eigenvalue weighted by Crippen LogP contribution is 2.38. The Hall–Kier alpha value is -1.89. The van der Waals surface area contributed by atoms with E-state index in [0.29, 0.717) is 0 Å². The summed E-state index contributed by atoms with van der Waals surface area (Å²) in [6.07, 6.45) is 0. The molecular weight excluding hydrogens is 388 g/mol. The predicted octanol–water partition coefficient (Wildman–Crippen LogP) is 8.60. The Morgan fingerprint density at radius 2 is 0.719 bits per heavy atom. The molecule has 0 unspecified atom stereocenters. The van der Waals surface area contributed by atoms with Gasteiger partial charge in [0.15, 0.2) is 0 Å². The van der Waals surface area contributed by atoms with Crippen LogP contribution in [0.1, 0.15) is 129 Å². The van der Waals surface area contributed by atoms with Crippen molar-refractivity contribution in [1.82, 2.24) is 0 Å². The van der Waals surface area contributed by atoms with Crippen molar-refractivity contribution in [2.45, 2.75) is 118 Å². The zero-order valence-electron chi connectivity index (χ0n) is 22.9. The van der Waals surface area contributed by atoms with Crippen LogP contribution in [-0.2, 0) is 26.5 Å². The fourth-order valence-electron chi connectivity index (χ4n) is 4.03. The molecule has 32 heavy (non-hydrogen) atoms. The van der Waals surface area contributed by atoms with E-state index in [2.05, 4.69) is 119 Å². The van der Waals surface area contributed by atoms with E-state index in [1.54, 1.807) is 6.92 Å². The molecule has 0 amide bonds. The van der Waals surface area contributed by atoms with Crippen LogP contribution in [0.3, 0.4) is 0 Å². The van der Waals surface area contributed by atoms with Crippen molar-refractivity contribution in [3.8, 4) is 0 Å². The summed E-state index contributed by atoms with van der Waals surface area (Å²) >= 11 is 0. The largest absolute Gasteiger partial charge is 0.299 e. The third-order valence-corrected chi connectivity index (χ3v) is 6.45. The van der Waals surface area contributed by atoms with Gasteiger partial charge >= 0.3 is 0 Å². The fourth-order valence-corrected chi connectivity index (χ4v) is 4.03. The molecule has 0 aliphatic heterocycles. The van der Waals surface area contributed by atoms with E-state index in [4.69, 9.17) is 0 Å². The first-order valence-electron chi connectivity index (χ1n) is 12.0. The summed E-state index contributed by atoms with van der Waals surface area (Å²) in [5.74, 6) is -0.0661. The molecule has 0 N–H and O–H groups in total. The van der Waals surface area contributed by atoms with E-state index in [1.807, 2.05) is 0 Å². The van der Waals surface area contributed by atoms with Crippen molar-refractivity contribution in [1.29, 1.82) is 0 Å². The molecule has 176 valence electrons. The molecule has 0 bridgehead atoms. The third-order valence-electron chi connectivity index (χ3n) is 6.45. The van der Waals surface area contributed by atoms with Crippen molar-refractivity contribution in [2.75, 3.05) is 0 Å². The van der Waals surface area contributed by atoms with Crippen molar-refractivity contribution < 1.29 is 4.79 Å². The maximum atomic E-state index is 13.2. The van der Waals surface area contributed by atoms with Crippen LogP contribution in [0.15, 0.2) is 36.4 Å². The highest BCUT2D eigenvalue weighted by molar-refractivity contribution is 5.87. The van der Waals surface area contributed by atoms with Gasteiger partial charge in [0, 0.05) is 0 Å². The van der Waals surface area contributed by atoms with Crippen LogP contribution in [-0.4, -0.2) is 5.78 Å². The maximum Gasteiger partial charge on any atom is 0.141 e. The Morgan fingerprint density at radius 3 is 0.875 bits per heavy atom. The summed E-state index contributed by atoms with van der Waals surface area (Å²) in [6.45, 7) is 28.7. The Kier molecular flexibility index (Phi) is 6.98. The lowest BCUT2D eigenvalue weighted by Crippen LogP contribution is -2.21. The van der Waals surface area contributed by atoms with Crippen LogP contribution >= 0.6 is 0 Å². The molecule has 2 aromatic carbocycles. The summed E-state index contributed by atoms with van der Waals surface area (Å²) in [5, 5.41) is 0. The van der Waals surface area contributed by atoms with Crippen LogP contribution in [0, 0.1) is 0 Å². The SMILES string of the molecule is CC(=O)C(c1cc(C(C)(C)C)cc(C(C)(C)C)c1)c1cc(C(C)(C)C)cc(C(C)(C)C)c1. The zero-order chi connectivity index (χ0) is 24.9. The number of Topliss-reactive ketones (excluding diaryl/α,β-unsaturated/α-hetero) is 1. The first-order valence-corrected chi connectivity index (χ1v) is 12.0. The molecule has 2 aromatic rings. The van der Waals surface area contributed by atoms with Crippen molar-refractivity contribution >= 4 is 5.78 Å². The second-order valence-corrected chi connectivity index (χ2v) is 13.7. The minimum absolute atomic E-state index is 0.0151. The summed E-state index contributed by atoms with van der Waals surface area (Å²) in [4.78, 5) is 13.2. The molecule has 0 heterocycles. The van der Waals surface area contributed by atoms with Gasteiger partial charge in [-0.2, -0.15) is 0 Å². The molecule has 1 nitrogen and oxygen atoms in total. The first-order chi connectivity index (χ1) is 14.2. The van der Waals surface area contributed by atoms with E-state index < -0.39 is 0 Å². The summed E-state index contributed by atoms with van der Waals surface area (Å²) in [7, 11) is 0. The van der Waals surface area contributed by atoms with Gasteiger partial charge < -0.3 is 0 Å². The highest BCUT2D eigenvalue weighted by atomic mass is 16.1. The van der Waals surface area contributed by atoms with Crippen molar-refractivity contribution in [3.05, 3.63) is 69.8 Å². The third kappa shape index (κ3) is 6.12. The van der Waals surface area contributed by atoms with Gasteiger partial charge in [-0.15, -0.1) is 0 Å². The number of carbonyl (C=O) groups excluding carboxylic acids is 1. The van der Waals surface area contributed by atoms with Gasteiger partial charge in [0.05, 0.1) is 5.92 Å². The van der Waals surface area contributed by atoms with Gasteiger partial charge in [-0.1, -0.05) is 119 Å². The number of benzene rings is 2. The van der Waals surface area contributed by atoms with E-state index in [9.17, 15) is 4.79 Å². The molecule has 0 aliphatic carbocycles. The van der Waals surface area contributed by atoms with Gasteiger partial charge in [0.25, 0.3) is 0 Å². The molecule has 0 radical (unpaired) electrons. The standard InChI is InChI=1S/C31H46O/c1-20(32)27(21-14-23(28(2,3)4)18-24(15-21)29(5,6)7)22-16-25(30(8,9)10)19-26(17-22)31(11,12)13/h14-19,27H,1-13H3. The molecule has 0 fully saturated rings. The van der Waals surface area contributed by atoms with Crippen LogP contribution in [0.25, 0.3) is 0 Å². The smallest absolute Gasteiger partial charge is 0.141 e. The van der Waals surface area contributed by atoms with E-state index in [0.717, 1.165) is 11.1 Å². The number of carbonyl (C=O) groups is 1. The summed E-state index contributed by atoms with van der Waals surface area (Å²) in [6, 6.07) is 13.7. The Labute approximate surface area is 198 Å². The Balaban J connectivity index is 2.87. The monoisotopic (exact) mass is 434 g/mol. The van der Waals surface area contributed by atoms with Crippen LogP contribution in [0.4, 0.5) is 0 Å². The minimum Gasteiger partial charge on any atom is -0.299 e. The van der Waals surface area contributed by atoms with Crippen LogP contribution in [0.2, 0.25) is 0 Å². The average Bonchev–Trinajstić information content (AvgIpc) is 2.58. The molecule has 1 heteroatoms. The second kappa shape index (κ2) is 8.47. The molecule has 0 saturated heterocycles. The summed E-state index contributed by atoms with van der Waals surface area (Å²) < 4.78 is 0. The second-order valence-electron chi connectivity index (χ2n) is 13.7. The van der Waals surface area contributed by atoms with E-state index >= 15 is 0 Å². The van der Waals surface area contributed by atoms with Gasteiger partial charge in [-0.25, -0.2) is 0 Å². The molecule has 0 atom stereocenters. The zero-order valence-corrected chi connectivity index (χ0v) is 22.9. The molecule has 0 saturated carbocycles. The normalized spacial score (nSPS) is 13.6. The van der Waals surface area contributed by atoms with E-state index in [-0.39, 0.29) is 33.4 Å². The lowest BCUT2D eigenvalue weighted by Gasteiger charge is -2.30. The maximum absolute atomic E-state index is 13.2. The van der Waals surface area contributed by atoms with Gasteiger partial charge in [0.2, 0.25) is 0 Å². The number of ketones is 1.